The van der Waals surface area contributed by atoms with E-state index in [9.17, 15) is 0 Å². The molecule has 0 saturated carbocycles. The minimum atomic E-state index is -0.0361. The highest BCUT2D eigenvalue weighted by molar-refractivity contribution is 4.91. The highest BCUT2D eigenvalue weighted by Crippen LogP contribution is 2.37. The van der Waals surface area contributed by atoms with Crippen LogP contribution >= 0.6 is 0 Å². The molecule has 0 aromatic rings. The van der Waals surface area contributed by atoms with Crippen molar-refractivity contribution in [2.75, 3.05) is 19.8 Å². The largest absolute Gasteiger partial charge is 0.396 e. The molecular formula is C9H16O3. The molecule has 70 valence electrons. The lowest BCUT2D eigenvalue weighted by Gasteiger charge is -2.33. The van der Waals surface area contributed by atoms with Gasteiger partial charge < -0.3 is 14.6 Å². The van der Waals surface area contributed by atoms with Crippen LogP contribution in [0.2, 0.25) is 0 Å². The second kappa shape index (κ2) is 3.32. The normalized spacial score (nSPS) is 40.2. The Kier molecular flexibility index (Phi) is 2.35. The monoisotopic (exact) mass is 172 g/mol. The Morgan fingerprint density at radius 3 is 3.25 bits per heavy atom. The number of rotatable bonds is 3. The number of aliphatic hydroxyl groups is 1. The molecule has 2 heterocycles. The molecule has 2 fully saturated rings. The Balaban J connectivity index is 1.91. The van der Waals surface area contributed by atoms with Crippen molar-refractivity contribution in [1.82, 2.24) is 0 Å². The first-order chi connectivity index (χ1) is 5.85. The summed E-state index contributed by atoms with van der Waals surface area (Å²) in [7, 11) is 0. The maximum Gasteiger partial charge on any atom is 0.0921 e. The van der Waals surface area contributed by atoms with E-state index in [-0.39, 0.29) is 12.2 Å². The van der Waals surface area contributed by atoms with Crippen molar-refractivity contribution in [3.05, 3.63) is 0 Å². The van der Waals surface area contributed by atoms with Gasteiger partial charge in [-0.25, -0.2) is 0 Å². The highest BCUT2D eigenvalue weighted by atomic mass is 16.6. The predicted octanol–water partition coefficient (Wildman–Crippen LogP) is 0.707. The fourth-order valence-corrected chi connectivity index (χ4v) is 2.15. The minimum absolute atomic E-state index is 0.0361. The molecule has 0 amide bonds. The third kappa shape index (κ3) is 1.49. The van der Waals surface area contributed by atoms with E-state index >= 15 is 0 Å². The van der Waals surface area contributed by atoms with Crippen molar-refractivity contribution in [3.8, 4) is 0 Å². The molecule has 2 atom stereocenters. The number of hydrogen-bond acceptors (Lipinski definition) is 3. The van der Waals surface area contributed by atoms with Gasteiger partial charge in [-0.05, 0) is 25.7 Å². The van der Waals surface area contributed by atoms with E-state index in [4.69, 9.17) is 14.6 Å². The number of hydrogen-bond donors (Lipinski definition) is 1. The van der Waals surface area contributed by atoms with E-state index in [0.29, 0.717) is 6.10 Å². The van der Waals surface area contributed by atoms with Gasteiger partial charge in [0.2, 0.25) is 0 Å². The molecule has 2 unspecified atom stereocenters. The molecule has 0 aromatic heterocycles. The summed E-state index contributed by atoms with van der Waals surface area (Å²) >= 11 is 0. The van der Waals surface area contributed by atoms with E-state index in [1.54, 1.807) is 0 Å². The summed E-state index contributed by atoms with van der Waals surface area (Å²) in [5.41, 5.74) is -0.0361. The Labute approximate surface area is 72.7 Å². The van der Waals surface area contributed by atoms with Crippen molar-refractivity contribution < 1.29 is 14.6 Å². The second-order valence-electron chi connectivity index (χ2n) is 3.80. The molecule has 2 saturated heterocycles. The zero-order chi connectivity index (χ0) is 8.44. The van der Waals surface area contributed by atoms with E-state index in [0.717, 1.165) is 38.9 Å². The molecule has 3 heteroatoms. The molecule has 0 radical (unpaired) electrons. The van der Waals surface area contributed by atoms with E-state index in [1.807, 2.05) is 0 Å². The van der Waals surface area contributed by atoms with Gasteiger partial charge >= 0.3 is 0 Å². The molecule has 0 aromatic carbocycles. The molecule has 12 heavy (non-hydrogen) atoms. The maximum absolute atomic E-state index is 8.72. The Morgan fingerprint density at radius 2 is 2.42 bits per heavy atom. The second-order valence-corrected chi connectivity index (χ2v) is 3.80. The fourth-order valence-electron chi connectivity index (χ4n) is 2.15. The van der Waals surface area contributed by atoms with Crippen LogP contribution < -0.4 is 0 Å². The standard InChI is InChI=1S/C9H16O3/c10-5-1-3-9-4-2-8(12-9)6-11-7-9/h8,10H,1-7H2. The van der Waals surface area contributed by atoms with Crippen molar-refractivity contribution in [1.29, 1.82) is 0 Å². The topological polar surface area (TPSA) is 38.7 Å². The van der Waals surface area contributed by atoms with Gasteiger partial charge in [-0.2, -0.15) is 0 Å². The molecule has 0 spiro atoms. The SMILES string of the molecule is OCCCC12CCC(COC1)O2. The summed E-state index contributed by atoms with van der Waals surface area (Å²) in [6.07, 6.45) is 4.34. The molecule has 0 aliphatic carbocycles. The molecule has 2 aliphatic rings. The molecule has 3 nitrogen and oxygen atoms in total. The van der Waals surface area contributed by atoms with Gasteiger partial charge in [0, 0.05) is 6.61 Å². The molecule has 2 bridgehead atoms. The summed E-state index contributed by atoms with van der Waals surface area (Å²) in [4.78, 5) is 0. The third-order valence-corrected chi connectivity index (χ3v) is 2.80. The number of ether oxygens (including phenoxy) is 2. The highest BCUT2D eigenvalue weighted by Gasteiger charge is 2.43. The van der Waals surface area contributed by atoms with Crippen LogP contribution in [0.3, 0.4) is 0 Å². The van der Waals surface area contributed by atoms with Crippen LogP contribution in [0.1, 0.15) is 25.7 Å². The third-order valence-electron chi connectivity index (χ3n) is 2.80. The summed E-state index contributed by atoms with van der Waals surface area (Å²) in [6.45, 7) is 1.75. The summed E-state index contributed by atoms with van der Waals surface area (Å²) < 4.78 is 11.3. The van der Waals surface area contributed by atoms with Gasteiger partial charge in [0.15, 0.2) is 0 Å². The Hall–Kier alpha value is -0.120. The van der Waals surface area contributed by atoms with Crippen molar-refractivity contribution in [2.24, 2.45) is 0 Å². The first-order valence-corrected chi connectivity index (χ1v) is 4.71. The zero-order valence-electron chi connectivity index (χ0n) is 7.29. The van der Waals surface area contributed by atoms with Crippen LogP contribution in [0, 0.1) is 0 Å². The lowest BCUT2D eigenvalue weighted by molar-refractivity contribution is -0.162. The zero-order valence-corrected chi connectivity index (χ0v) is 7.29. The average Bonchev–Trinajstić information content (AvgIpc) is 2.40. The minimum Gasteiger partial charge on any atom is -0.396 e. The average molecular weight is 172 g/mol. The van der Waals surface area contributed by atoms with Crippen molar-refractivity contribution in [2.45, 2.75) is 37.4 Å². The summed E-state index contributed by atoms with van der Waals surface area (Å²) in [5, 5.41) is 8.72. The lowest BCUT2D eigenvalue weighted by atomic mass is 9.95. The molecule has 2 aliphatic heterocycles. The van der Waals surface area contributed by atoms with Crippen LogP contribution in [0.4, 0.5) is 0 Å². The summed E-state index contributed by atoms with van der Waals surface area (Å²) in [6, 6.07) is 0. The van der Waals surface area contributed by atoms with E-state index in [1.165, 1.54) is 0 Å². The molecule has 1 N–H and O–H groups in total. The van der Waals surface area contributed by atoms with Gasteiger partial charge in [-0.15, -0.1) is 0 Å². The van der Waals surface area contributed by atoms with Gasteiger partial charge in [0.25, 0.3) is 0 Å². The van der Waals surface area contributed by atoms with Crippen LogP contribution in [0.15, 0.2) is 0 Å². The van der Waals surface area contributed by atoms with Gasteiger partial charge in [0.05, 0.1) is 24.9 Å². The van der Waals surface area contributed by atoms with Crippen LogP contribution in [-0.2, 0) is 9.47 Å². The van der Waals surface area contributed by atoms with Gasteiger partial charge in [0.1, 0.15) is 0 Å². The number of aliphatic hydroxyl groups excluding tert-OH is 1. The van der Waals surface area contributed by atoms with E-state index in [2.05, 4.69) is 0 Å². The first kappa shape index (κ1) is 8.48. The number of fused-ring (bicyclic) bond motifs is 2. The quantitative estimate of drug-likeness (QED) is 0.681. The molecular weight excluding hydrogens is 156 g/mol. The van der Waals surface area contributed by atoms with Crippen molar-refractivity contribution in [3.63, 3.8) is 0 Å². The van der Waals surface area contributed by atoms with Crippen molar-refractivity contribution >= 4 is 0 Å². The lowest BCUT2D eigenvalue weighted by Crippen LogP contribution is -2.40. The van der Waals surface area contributed by atoms with Crippen LogP contribution in [0.5, 0.6) is 0 Å². The first-order valence-electron chi connectivity index (χ1n) is 4.71. The molecule has 2 rings (SSSR count). The van der Waals surface area contributed by atoms with Gasteiger partial charge in [-0.1, -0.05) is 0 Å². The predicted molar refractivity (Wildman–Crippen MR) is 44.0 cm³/mol. The Morgan fingerprint density at radius 1 is 1.50 bits per heavy atom. The van der Waals surface area contributed by atoms with E-state index < -0.39 is 0 Å². The van der Waals surface area contributed by atoms with Gasteiger partial charge in [-0.3, -0.25) is 0 Å². The maximum atomic E-state index is 8.72. The summed E-state index contributed by atoms with van der Waals surface area (Å²) in [5.74, 6) is 0. The van der Waals surface area contributed by atoms with Crippen LogP contribution in [-0.4, -0.2) is 36.6 Å². The smallest absolute Gasteiger partial charge is 0.0921 e. The fraction of sp³-hybridized carbons (Fsp3) is 1.00. The Bertz CT molecular complexity index is 156. The van der Waals surface area contributed by atoms with Crippen LogP contribution in [0.25, 0.3) is 0 Å².